The van der Waals surface area contributed by atoms with E-state index in [9.17, 15) is 10.1 Å². The fourth-order valence-electron chi connectivity index (χ4n) is 1.94. The maximum Gasteiger partial charge on any atom is 0.266 e. The molecule has 1 N–H and O–H groups in total. The van der Waals surface area contributed by atoms with Crippen LogP contribution in [0.15, 0.2) is 52.5 Å². The van der Waals surface area contributed by atoms with Gasteiger partial charge in [0.15, 0.2) is 0 Å². The maximum absolute atomic E-state index is 12.4. The number of terminal acetylenes is 1. The van der Waals surface area contributed by atoms with E-state index >= 15 is 0 Å². The molecule has 0 atom stereocenters. The lowest BCUT2D eigenvalue weighted by molar-refractivity contribution is -0.112. The molecule has 0 fully saturated rings. The second-order valence-corrected chi connectivity index (χ2v) is 6.10. The summed E-state index contributed by atoms with van der Waals surface area (Å²) in [6, 6.07) is 13.9. The Kier molecular flexibility index (Phi) is 6.65. The van der Waals surface area contributed by atoms with Gasteiger partial charge in [0.1, 0.15) is 24.0 Å². The normalized spacial score (nSPS) is 10.5. The lowest BCUT2D eigenvalue weighted by Crippen LogP contribution is -2.13. The summed E-state index contributed by atoms with van der Waals surface area (Å²) in [5, 5.41) is 12.3. The number of rotatable bonds is 5. The van der Waals surface area contributed by atoms with Crippen LogP contribution >= 0.6 is 27.5 Å². The summed E-state index contributed by atoms with van der Waals surface area (Å²) in [4.78, 5) is 12.4. The van der Waals surface area contributed by atoms with Crippen LogP contribution in [0, 0.1) is 23.7 Å². The van der Waals surface area contributed by atoms with Crippen molar-refractivity contribution < 1.29 is 9.53 Å². The van der Waals surface area contributed by atoms with E-state index in [2.05, 4.69) is 27.2 Å². The average molecular weight is 416 g/mol. The van der Waals surface area contributed by atoms with Crippen molar-refractivity contribution in [3.05, 3.63) is 63.1 Å². The molecule has 0 saturated carbocycles. The zero-order chi connectivity index (χ0) is 18.2. The SMILES string of the molecule is C#CCOc1ccc(Br)cc1/C=C(\C#N)C(=O)Nc1ccccc1Cl. The van der Waals surface area contributed by atoms with Crippen LogP contribution < -0.4 is 10.1 Å². The Morgan fingerprint density at radius 3 is 2.80 bits per heavy atom. The number of nitrogens with one attached hydrogen (secondary N) is 1. The molecule has 1 amide bonds. The van der Waals surface area contributed by atoms with Crippen molar-refractivity contribution in [2.75, 3.05) is 11.9 Å². The molecule has 6 heteroatoms. The molecule has 0 spiro atoms. The molecule has 0 saturated heterocycles. The van der Waals surface area contributed by atoms with Crippen molar-refractivity contribution in [2.45, 2.75) is 0 Å². The van der Waals surface area contributed by atoms with Gasteiger partial charge in [-0.15, -0.1) is 6.42 Å². The topological polar surface area (TPSA) is 62.1 Å². The third kappa shape index (κ3) is 5.12. The summed E-state index contributed by atoms with van der Waals surface area (Å²) in [5.41, 5.74) is 0.882. The van der Waals surface area contributed by atoms with Gasteiger partial charge < -0.3 is 10.1 Å². The van der Waals surface area contributed by atoms with Gasteiger partial charge in [-0.3, -0.25) is 4.79 Å². The van der Waals surface area contributed by atoms with E-state index in [0.717, 1.165) is 4.47 Å². The van der Waals surface area contributed by atoms with Crippen LogP contribution in [0.5, 0.6) is 5.75 Å². The van der Waals surface area contributed by atoms with Crippen LogP contribution in [0.4, 0.5) is 5.69 Å². The number of anilines is 1. The number of ether oxygens (including phenoxy) is 1. The summed E-state index contributed by atoms with van der Waals surface area (Å²) in [7, 11) is 0. The minimum atomic E-state index is -0.571. The number of nitrogens with zero attached hydrogens (tertiary/aromatic N) is 1. The molecule has 0 aliphatic rings. The molecule has 0 aliphatic carbocycles. The standard InChI is InChI=1S/C19H12BrClN2O2/c1-2-9-25-18-8-7-15(20)11-13(18)10-14(12-22)19(24)23-17-6-4-3-5-16(17)21/h1,3-8,10-11H,9H2,(H,23,24)/b14-10+. The lowest BCUT2D eigenvalue weighted by atomic mass is 10.1. The van der Waals surface area contributed by atoms with E-state index in [0.29, 0.717) is 22.0 Å². The highest BCUT2D eigenvalue weighted by atomic mass is 79.9. The molecule has 2 rings (SSSR count). The van der Waals surface area contributed by atoms with Crippen LogP contribution in [0.3, 0.4) is 0 Å². The number of para-hydroxylation sites is 1. The summed E-state index contributed by atoms with van der Waals surface area (Å²) in [6.07, 6.45) is 6.64. The molecular formula is C19H12BrClN2O2. The number of carbonyl (C=O) groups is 1. The quantitative estimate of drug-likeness (QED) is 0.439. The van der Waals surface area contributed by atoms with Crippen LogP contribution in [-0.2, 0) is 4.79 Å². The van der Waals surface area contributed by atoms with E-state index in [1.807, 2.05) is 6.07 Å². The van der Waals surface area contributed by atoms with E-state index in [1.54, 1.807) is 42.5 Å². The first-order valence-electron chi connectivity index (χ1n) is 7.08. The second-order valence-electron chi connectivity index (χ2n) is 4.78. The van der Waals surface area contributed by atoms with Crippen molar-refractivity contribution in [3.8, 4) is 24.2 Å². The van der Waals surface area contributed by atoms with Gasteiger partial charge in [-0.2, -0.15) is 5.26 Å². The summed E-state index contributed by atoms with van der Waals surface area (Å²) < 4.78 is 6.21. The van der Waals surface area contributed by atoms with Gasteiger partial charge >= 0.3 is 0 Å². The third-order valence-corrected chi connectivity index (χ3v) is 3.89. The van der Waals surface area contributed by atoms with Crippen molar-refractivity contribution in [1.29, 1.82) is 5.26 Å². The monoisotopic (exact) mass is 414 g/mol. The number of hydrogen-bond donors (Lipinski definition) is 1. The van der Waals surface area contributed by atoms with Crippen molar-refractivity contribution in [3.63, 3.8) is 0 Å². The van der Waals surface area contributed by atoms with Gasteiger partial charge in [-0.25, -0.2) is 0 Å². The Hall–Kier alpha value is -2.73. The number of carbonyl (C=O) groups excluding carboxylic acids is 1. The summed E-state index contributed by atoms with van der Waals surface area (Å²) in [5.74, 6) is 2.27. The zero-order valence-corrected chi connectivity index (χ0v) is 15.3. The van der Waals surface area contributed by atoms with E-state index in [4.69, 9.17) is 22.8 Å². The first-order valence-corrected chi connectivity index (χ1v) is 8.25. The highest BCUT2D eigenvalue weighted by molar-refractivity contribution is 9.10. The predicted octanol–water partition coefficient (Wildman–Crippen LogP) is 4.66. The number of amides is 1. The van der Waals surface area contributed by atoms with Crippen LogP contribution in [0.1, 0.15) is 5.56 Å². The molecule has 2 aromatic rings. The average Bonchev–Trinajstić information content (AvgIpc) is 2.60. The van der Waals surface area contributed by atoms with Crippen molar-refractivity contribution in [1.82, 2.24) is 0 Å². The minimum absolute atomic E-state index is 0.0795. The van der Waals surface area contributed by atoms with Gasteiger partial charge in [0.25, 0.3) is 5.91 Å². The van der Waals surface area contributed by atoms with Crippen LogP contribution in [0.2, 0.25) is 5.02 Å². The summed E-state index contributed by atoms with van der Waals surface area (Å²) >= 11 is 9.37. The van der Waals surface area contributed by atoms with Gasteiger partial charge in [0.05, 0.1) is 10.7 Å². The number of benzene rings is 2. The molecule has 0 aromatic heterocycles. The largest absolute Gasteiger partial charge is 0.480 e. The number of halogens is 2. The Morgan fingerprint density at radius 2 is 2.12 bits per heavy atom. The second kappa shape index (κ2) is 8.94. The van der Waals surface area contributed by atoms with Crippen molar-refractivity contribution in [2.24, 2.45) is 0 Å². The Balaban J connectivity index is 2.32. The smallest absolute Gasteiger partial charge is 0.266 e. The van der Waals surface area contributed by atoms with Crippen molar-refractivity contribution >= 4 is 45.2 Å². The molecule has 4 nitrogen and oxygen atoms in total. The van der Waals surface area contributed by atoms with Crippen LogP contribution in [-0.4, -0.2) is 12.5 Å². The number of nitriles is 1. The number of hydrogen-bond acceptors (Lipinski definition) is 3. The fraction of sp³-hybridized carbons (Fsp3) is 0.0526. The zero-order valence-electron chi connectivity index (χ0n) is 12.9. The molecule has 2 aromatic carbocycles. The Bertz CT molecular complexity index is 910. The molecule has 0 unspecified atom stereocenters. The molecule has 0 radical (unpaired) electrons. The molecular weight excluding hydrogens is 404 g/mol. The van der Waals surface area contributed by atoms with Gasteiger partial charge in [0, 0.05) is 10.0 Å². The van der Waals surface area contributed by atoms with E-state index in [1.165, 1.54) is 6.08 Å². The first kappa shape index (κ1) is 18.6. The maximum atomic E-state index is 12.4. The van der Waals surface area contributed by atoms with E-state index in [-0.39, 0.29) is 12.2 Å². The highest BCUT2D eigenvalue weighted by Crippen LogP contribution is 2.26. The molecule has 0 aliphatic heterocycles. The molecule has 25 heavy (non-hydrogen) atoms. The highest BCUT2D eigenvalue weighted by Gasteiger charge is 2.13. The minimum Gasteiger partial charge on any atom is -0.480 e. The third-order valence-electron chi connectivity index (χ3n) is 3.07. The van der Waals surface area contributed by atoms with E-state index < -0.39 is 5.91 Å². The Labute approximate surface area is 159 Å². The van der Waals surface area contributed by atoms with Gasteiger partial charge in [0.2, 0.25) is 0 Å². The molecule has 124 valence electrons. The predicted molar refractivity (Wildman–Crippen MR) is 102 cm³/mol. The van der Waals surface area contributed by atoms with Gasteiger partial charge in [-0.1, -0.05) is 45.6 Å². The van der Waals surface area contributed by atoms with Gasteiger partial charge in [-0.05, 0) is 36.4 Å². The van der Waals surface area contributed by atoms with Crippen LogP contribution in [0.25, 0.3) is 6.08 Å². The first-order chi connectivity index (χ1) is 12.0. The Morgan fingerprint density at radius 1 is 1.36 bits per heavy atom. The fourth-order valence-corrected chi connectivity index (χ4v) is 2.50. The molecule has 0 bridgehead atoms. The lowest BCUT2D eigenvalue weighted by Gasteiger charge is -2.09. The summed E-state index contributed by atoms with van der Waals surface area (Å²) in [6.45, 7) is 0.0795. The molecule has 0 heterocycles.